The summed E-state index contributed by atoms with van der Waals surface area (Å²) in [6, 6.07) is 45.4. The molecule has 6 aromatic carbocycles. The number of carbonyl (C=O) groups excluding carboxylic acids is 1. The predicted molar refractivity (Wildman–Crippen MR) is 277 cm³/mol. The smallest absolute Gasteiger partial charge is 0.255 e. The summed E-state index contributed by atoms with van der Waals surface area (Å²) in [5.41, 5.74) is 18.7. The van der Waals surface area contributed by atoms with Gasteiger partial charge in [0.15, 0.2) is 0 Å². The molecule has 0 radical (unpaired) electrons. The van der Waals surface area contributed by atoms with Gasteiger partial charge in [0, 0.05) is 42.9 Å². The standard InChI is InChI=1S/C28H30N2O.C26H29NO2.C4H11NO2/c1-19(2)25-17-23(21-10-7-6-8-11-21)18-26(20(3)4)27(25)30-15-14-29-28(30)22-12-9-13-24(16-22)31-5;1-17(2)23-15-21(19-10-7-6-8-11-19)16-24(18(3)4)25(23)27-26(28)20-12-9-13-22(14-20)29-5;1-7-4(2-5)3-6/h6-20H,1-5H3;6-18H,1-5H3,(H,27,28);4,6H,2-3,5H2,1H3. The number of hydrogen-bond donors (Lipinski definition) is 3. The molecule has 4 N–H and O–H groups in total. The first kappa shape index (κ1) is 51.5. The number of nitrogens with two attached hydrogens (primary N) is 1. The summed E-state index contributed by atoms with van der Waals surface area (Å²) in [5, 5.41) is 11.5. The number of hydrogen-bond acceptors (Lipinski definition) is 7. The molecule has 7 rings (SSSR count). The zero-order chi connectivity index (χ0) is 48.6. The number of aromatic nitrogens is 2. The van der Waals surface area contributed by atoms with Crippen molar-refractivity contribution in [2.45, 2.75) is 85.2 Å². The summed E-state index contributed by atoms with van der Waals surface area (Å²) in [6.45, 7) is 18.1. The first-order valence-electron chi connectivity index (χ1n) is 23.2. The van der Waals surface area contributed by atoms with Gasteiger partial charge in [-0.15, -0.1) is 0 Å². The van der Waals surface area contributed by atoms with Crippen molar-refractivity contribution in [1.82, 2.24) is 9.55 Å². The summed E-state index contributed by atoms with van der Waals surface area (Å²) in [4.78, 5) is 17.7. The molecule has 67 heavy (non-hydrogen) atoms. The molecule has 1 heterocycles. The molecule has 0 saturated carbocycles. The number of rotatable bonds is 15. The van der Waals surface area contributed by atoms with E-state index in [1.54, 1.807) is 26.4 Å². The third-order valence-corrected chi connectivity index (χ3v) is 11.7. The molecular weight excluding hydrogens is 833 g/mol. The topological polar surface area (TPSA) is 121 Å². The van der Waals surface area contributed by atoms with E-state index in [4.69, 9.17) is 25.3 Å². The first-order valence-corrected chi connectivity index (χ1v) is 23.2. The van der Waals surface area contributed by atoms with Crippen LogP contribution in [-0.2, 0) is 4.74 Å². The molecule has 0 aliphatic rings. The Balaban J connectivity index is 0.000000220. The second-order valence-corrected chi connectivity index (χ2v) is 17.7. The van der Waals surface area contributed by atoms with Crippen LogP contribution in [0.1, 0.15) is 112 Å². The normalized spacial score (nSPS) is 11.5. The van der Waals surface area contributed by atoms with Crippen LogP contribution < -0.4 is 20.5 Å². The van der Waals surface area contributed by atoms with Gasteiger partial charge < -0.3 is 30.4 Å². The average Bonchev–Trinajstić information content (AvgIpc) is 3.85. The Morgan fingerprint density at radius 2 is 1.06 bits per heavy atom. The number of methoxy groups -OCH3 is 3. The zero-order valence-corrected chi connectivity index (χ0v) is 41.2. The van der Waals surface area contributed by atoms with Crippen molar-refractivity contribution < 1.29 is 24.1 Å². The molecule has 1 atom stereocenters. The zero-order valence-electron chi connectivity index (χ0n) is 41.2. The van der Waals surface area contributed by atoms with Gasteiger partial charge in [0.1, 0.15) is 17.3 Å². The van der Waals surface area contributed by atoms with Crippen molar-refractivity contribution in [2.75, 3.05) is 39.8 Å². The number of benzene rings is 6. The van der Waals surface area contributed by atoms with E-state index in [9.17, 15) is 4.79 Å². The molecule has 1 aromatic heterocycles. The first-order chi connectivity index (χ1) is 32.2. The Labute approximate surface area is 399 Å². The van der Waals surface area contributed by atoms with Gasteiger partial charge in [0.05, 0.1) is 32.6 Å². The molecule has 0 spiro atoms. The van der Waals surface area contributed by atoms with Crippen molar-refractivity contribution in [2.24, 2.45) is 5.73 Å². The lowest BCUT2D eigenvalue weighted by Gasteiger charge is -2.23. The van der Waals surface area contributed by atoms with Crippen LogP contribution in [0.2, 0.25) is 0 Å². The Bertz CT molecular complexity index is 2570. The van der Waals surface area contributed by atoms with Crippen molar-refractivity contribution in [3.63, 3.8) is 0 Å². The molecule has 9 nitrogen and oxygen atoms in total. The van der Waals surface area contributed by atoms with Crippen molar-refractivity contribution in [3.05, 3.63) is 174 Å². The minimum Gasteiger partial charge on any atom is -0.497 e. The summed E-state index contributed by atoms with van der Waals surface area (Å²) in [7, 11) is 4.82. The molecular formula is C58H70N4O5. The lowest BCUT2D eigenvalue weighted by Crippen LogP contribution is -2.25. The molecule has 352 valence electrons. The summed E-state index contributed by atoms with van der Waals surface area (Å²) in [6.07, 6.45) is 3.78. The number of nitrogens with one attached hydrogen (secondary N) is 1. The van der Waals surface area contributed by atoms with E-state index >= 15 is 0 Å². The Hall–Kier alpha value is -6.52. The van der Waals surface area contributed by atoms with Crippen LogP contribution in [0.15, 0.2) is 146 Å². The number of anilines is 1. The van der Waals surface area contributed by atoms with Crippen LogP contribution in [0.25, 0.3) is 39.3 Å². The predicted octanol–water partition coefficient (Wildman–Crippen LogP) is 13.3. The van der Waals surface area contributed by atoms with Gasteiger partial charge >= 0.3 is 0 Å². The van der Waals surface area contributed by atoms with Gasteiger partial charge in [-0.3, -0.25) is 9.36 Å². The van der Waals surface area contributed by atoms with Crippen molar-refractivity contribution >= 4 is 11.6 Å². The van der Waals surface area contributed by atoms with E-state index in [2.05, 4.69) is 161 Å². The van der Waals surface area contributed by atoms with Crippen LogP contribution in [0.3, 0.4) is 0 Å². The number of carbonyl (C=O) groups is 1. The van der Waals surface area contributed by atoms with Crippen LogP contribution in [0.5, 0.6) is 11.5 Å². The fourth-order valence-corrected chi connectivity index (χ4v) is 7.83. The van der Waals surface area contributed by atoms with Crippen molar-refractivity contribution in [1.29, 1.82) is 0 Å². The lowest BCUT2D eigenvalue weighted by molar-refractivity contribution is 0.0553. The fraction of sp³-hybridized carbons (Fsp3) is 0.310. The molecule has 0 saturated heterocycles. The number of aliphatic hydroxyl groups is 1. The fourth-order valence-electron chi connectivity index (χ4n) is 7.83. The number of amides is 1. The van der Waals surface area contributed by atoms with Gasteiger partial charge in [-0.2, -0.15) is 0 Å². The van der Waals surface area contributed by atoms with E-state index in [1.165, 1.54) is 46.2 Å². The van der Waals surface area contributed by atoms with Gasteiger partial charge in [0.2, 0.25) is 0 Å². The highest BCUT2D eigenvalue weighted by molar-refractivity contribution is 6.05. The molecule has 0 aliphatic heterocycles. The monoisotopic (exact) mass is 903 g/mol. The molecule has 1 unspecified atom stereocenters. The SMILES string of the molecule is COC(CN)CO.COc1cccc(-c2nccn2-c2c(C(C)C)cc(-c3ccccc3)cc2C(C)C)c1.COc1cccc(C(=O)Nc2c(C(C)C)cc(-c3ccccc3)cc2C(C)C)c1. The Morgan fingerprint density at radius 3 is 1.49 bits per heavy atom. The average molecular weight is 903 g/mol. The van der Waals surface area contributed by atoms with Gasteiger partial charge in [-0.25, -0.2) is 4.98 Å². The molecule has 7 aromatic rings. The number of aliphatic hydroxyl groups excluding tert-OH is 1. The second-order valence-electron chi connectivity index (χ2n) is 17.7. The highest BCUT2D eigenvalue weighted by Gasteiger charge is 2.22. The molecule has 0 bridgehead atoms. The van der Waals surface area contributed by atoms with Crippen LogP contribution in [0.4, 0.5) is 5.69 Å². The van der Waals surface area contributed by atoms with Gasteiger partial charge in [-0.05, 0) is 123 Å². The van der Waals surface area contributed by atoms with Gasteiger partial charge in [0.25, 0.3) is 5.91 Å². The van der Waals surface area contributed by atoms with E-state index in [0.717, 1.165) is 34.0 Å². The third-order valence-electron chi connectivity index (χ3n) is 11.7. The van der Waals surface area contributed by atoms with Crippen LogP contribution >= 0.6 is 0 Å². The van der Waals surface area contributed by atoms with E-state index in [-0.39, 0.29) is 30.5 Å². The molecule has 0 fully saturated rings. The highest BCUT2D eigenvalue weighted by Crippen LogP contribution is 2.39. The summed E-state index contributed by atoms with van der Waals surface area (Å²) < 4.78 is 17.6. The molecule has 1 amide bonds. The summed E-state index contributed by atoms with van der Waals surface area (Å²) in [5.74, 6) is 3.60. The number of ether oxygens (including phenoxy) is 3. The maximum Gasteiger partial charge on any atom is 0.255 e. The minimum absolute atomic E-state index is 0.00694. The van der Waals surface area contributed by atoms with Crippen LogP contribution in [-0.4, -0.2) is 61.1 Å². The largest absolute Gasteiger partial charge is 0.497 e. The third kappa shape index (κ3) is 13.3. The maximum atomic E-state index is 13.0. The lowest BCUT2D eigenvalue weighted by atomic mass is 9.88. The molecule has 0 aliphatic carbocycles. The maximum absolute atomic E-state index is 13.0. The van der Waals surface area contributed by atoms with E-state index < -0.39 is 0 Å². The second kappa shape index (κ2) is 24.8. The van der Waals surface area contributed by atoms with E-state index in [0.29, 0.717) is 29.7 Å². The minimum atomic E-state index is -0.181. The summed E-state index contributed by atoms with van der Waals surface area (Å²) >= 11 is 0. The Kier molecular flexibility index (Phi) is 19.1. The van der Waals surface area contributed by atoms with Crippen molar-refractivity contribution in [3.8, 4) is 50.8 Å². The van der Waals surface area contributed by atoms with E-state index in [1.807, 2.05) is 42.6 Å². The Morgan fingerprint density at radius 1 is 0.597 bits per heavy atom. The van der Waals surface area contributed by atoms with Crippen LogP contribution in [0, 0.1) is 0 Å². The molecule has 9 heteroatoms. The quantitative estimate of drug-likeness (QED) is 0.0937. The number of nitrogens with zero attached hydrogens (tertiary/aromatic N) is 2. The number of imidazole rings is 1. The highest BCUT2D eigenvalue weighted by atomic mass is 16.5. The van der Waals surface area contributed by atoms with Gasteiger partial charge in [-0.1, -0.05) is 134 Å².